The Balaban J connectivity index is 1.49. The molecule has 0 aliphatic carbocycles. The standard InChI is InChI=1S/C23H28FN3O4/c1-25(15-17-7-8-21(31-3)20(24)13-17)22(28)16-26-9-11-27(12-10-26)23(29)18-5-4-6-19(14-18)30-2/h4-8,13-14H,9-12,15-16H2,1-3H3. The van der Waals surface area contributed by atoms with Gasteiger partial charge in [-0.3, -0.25) is 14.5 Å². The smallest absolute Gasteiger partial charge is 0.254 e. The van der Waals surface area contributed by atoms with E-state index >= 15 is 0 Å². The summed E-state index contributed by atoms with van der Waals surface area (Å²) in [5, 5.41) is 0. The maximum absolute atomic E-state index is 13.9. The second-order valence-corrected chi connectivity index (χ2v) is 7.52. The van der Waals surface area contributed by atoms with E-state index in [1.807, 2.05) is 4.90 Å². The second-order valence-electron chi connectivity index (χ2n) is 7.52. The molecule has 2 aromatic carbocycles. The summed E-state index contributed by atoms with van der Waals surface area (Å²) in [6, 6.07) is 11.8. The highest BCUT2D eigenvalue weighted by Gasteiger charge is 2.24. The van der Waals surface area contributed by atoms with Crippen LogP contribution in [0.15, 0.2) is 42.5 Å². The number of piperazine rings is 1. The summed E-state index contributed by atoms with van der Waals surface area (Å²) < 4.78 is 24.0. The molecule has 1 saturated heterocycles. The molecule has 2 amide bonds. The average molecular weight is 429 g/mol. The van der Waals surface area contributed by atoms with Gasteiger partial charge in [0.1, 0.15) is 5.75 Å². The summed E-state index contributed by atoms with van der Waals surface area (Å²) in [6.45, 7) is 2.91. The highest BCUT2D eigenvalue weighted by molar-refractivity contribution is 5.94. The number of hydrogen-bond donors (Lipinski definition) is 0. The Morgan fingerprint density at radius 1 is 1.03 bits per heavy atom. The number of rotatable bonds is 7. The lowest BCUT2D eigenvalue weighted by Crippen LogP contribution is -2.51. The van der Waals surface area contributed by atoms with Crippen molar-refractivity contribution < 1.29 is 23.5 Å². The van der Waals surface area contributed by atoms with Crippen molar-refractivity contribution in [2.75, 3.05) is 54.0 Å². The lowest BCUT2D eigenvalue weighted by atomic mass is 10.1. The number of ether oxygens (including phenoxy) is 2. The van der Waals surface area contributed by atoms with Crippen molar-refractivity contribution in [3.05, 3.63) is 59.4 Å². The van der Waals surface area contributed by atoms with Crippen LogP contribution in [0.2, 0.25) is 0 Å². The Morgan fingerprint density at radius 2 is 1.77 bits per heavy atom. The number of likely N-dealkylation sites (N-methyl/N-ethyl adjacent to an activating group) is 1. The van der Waals surface area contributed by atoms with Crippen molar-refractivity contribution in [1.82, 2.24) is 14.7 Å². The molecule has 1 heterocycles. The molecule has 0 radical (unpaired) electrons. The molecular formula is C23H28FN3O4. The second kappa shape index (κ2) is 10.3. The molecule has 0 unspecified atom stereocenters. The fourth-order valence-corrected chi connectivity index (χ4v) is 3.53. The molecule has 0 atom stereocenters. The summed E-state index contributed by atoms with van der Waals surface area (Å²) in [5.74, 6) is 0.291. The quantitative estimate of drug-likeness (QED) is 0.676. The van der Waals surface area contributed by atoms with E-state index in [-0.39, 0.29) is 24.1 Å². The zero-order valence-electron chi connectivity index (χ0n) is 18.1. The van der Waals surface area contributed by atoms with Gasteiger partial charge in [-0.2, -0.15) is 0 Å². The molecule has 3 rings (SSSR count). The van der Waals surface area contributed by atoms with Crippen molar-refractivity contribution in [2.24, 2.45) is 0 Å². The van der Waals surface area contributed by atoms with Crippen LogP contribution in [-0.4, -0.2) is 80.5 Å². The van der Waals surface area contributed by atoms with Crippen molar-refractivity contribution in [3.8, 4) is 11.5 Å². The third kappa shape index (κ3) is 5.73. The largest absolute Gasteiger partial charge is 0.497 e. The number of hydrogen-bond acceptors (Lipinski definition) is 5. The monoisotopic (exact) mass is 429 g/mol. The van der Waals surface area contributed by atoms with E-state index in [1.54, 1.807) is 60.4 Å². The lowest BCUT2D eigenvalue weighted by molar-refractivity contribution is -0.132. The normalized spacial score (nSPS) is 14.3. The molecule has 0 N–H and O–H groups in total. The lowest BCUT2D eigenvalue weighted by Gasteiger charge is -2.35. The molecule has 8 heteroatoms. The van der Waals surface area contributed by atoms with Gasteiger partial charge < -0.3 is 19.3 Å². The Bertz CT molecular complexity index is 929. The number of amides is 2. The van der Waals surface area contributed by atoms with Crippen LogP contribution in [0.3, 0.4) is 0 Å². The van der Waals surface area contributed by atoms with Gasteiger partial charge in [-0.15, -0.1) is 0 Å². The fourth-order valence-electron chi connectivity index (χ4n) is 3.53. The maximum Gasteiger partial charge on any atom is 0.254 e. The Morgan fingerprint density at radius 3 is 2.42 bits per heavy atom. The van der Waals surface area contributed by atoms with Crippen LogP contribution in [0.1, 0.15) is 15.9 Å². The average Bonchev–Trinajstić information content (AvgIpc) is 2.79. The maximum atomic E-state index is 13.9. The van der Waals surface area contributed by atoms with Gasteiger partial charge in [-0.1, -0.05) is 12.1 Å². The van der Waals surface area contributed by atoms with Gasteiger partial charge in [0.15, 0.2) is 11.6 Å². The number of halogens is 1. The number of nitrogens with zero attached hydrogens (tertiary/aromatic N) is 3. The third-order valence-corrected chi connectivity index (χ3v) is 5.40. The summed E-state index contributed by atoms with van der Waals surface area (Å²) in [6.07, 6.45) is 0. The molecule has 1 aliphatic heterocycles. The van der Waals surface area contributed by atoms with Crippen LogP contribution in [0.4, 0.5) is 4.39 Å². The van der Waals surface area contributed by atoms with Gasteiger partial charge in [0.2, 0.25) is 5.91 Å². The van der Waals surface area contributed by atoms with E-state index < -0.39 is 5.82 Å². The van der Waals surface area contributed by atoms with E-state index in [9.17, 15) is 14.0 Å². The zero-order valence-corrected chi connectivity index (χ0v) is 18.1. The first-order valence-electron chi connectivity index (χ1n) is 10.1. The minimum absolute atomic E-state index is 0.0384. The molecule has 0 spiro atoms. The third-order valence-electron chi connectivity index (χ3n) is 5.40. The Labute approximate surface area is 181 Å². The molecule has 0 saturated carbocycles. The van der Waals surface area contributed by atoms with Crippen molar-refractivity contribution in [1.29, 1.82) is 0 Å². The van der Waals surface area contributed by atoms with Gasteiger partial charge in [-0.05, 0) is 35.9 Å². The molecule has 2 aromatic rings. The van der Waals surface area contributed by atoms with E-state index in [4.69, 9.17) is 9.47 Å². The van der Waals surface area contributed by atoms with Crippen LogP contribution in [0, 0.1) is 5.82 Å². The first-order chi connectivity index (χ1) is 14.9. The molecule has 7 nitrogen and oxygen atoms in total. The first-order valence-corrected chi connectivity index (χ1v) is 10.1. The summed E-state index contributed by atoms with van der Waals surface area (Å²) >= 11 is 0. The van der Waals surface area contributed by atoms with Crippen LogP contribution in [-0.2, 0) is 11.3 Å². The van der Waals surface area contributed by atoms with E-state index in [2.05, 4.69) is 0 Å². The minimum Gasteiger partial charge on any atom is -0.497 e. The highest BCUT2D eigenvalue weighted by Crippen LogP contribution is 2.19. The van der Waals surface area contributed by atoms with E-state index in [0.717, 1.165) is 0 Å². The van der Waals surface area contributed by atoms with Gasteiger partial charge >= 0.3 is 0 Å². The predicted octanol–water partition coefficient (Wildman–Crippen LogP) is 2.26. The van der Waals surface area contributed by atoms with Crippen LogP contribution in [0.25, 0.3) is 0 Å². The fraction of sp³-hybridized carbons (Fsp3) is 0.391. The van der Waals surface area contributed by atoms with Gasteiger partial charge in [0, 0.05) is 45.3 Å². The number of methoxy groups -OCH3 is 2. The van der Waals surface area contributed by atoms with Crippen molar-refractivity contribution in [2.45, 2.75) is 6.54 Å². The Kier molecular flexibility index (Phi) is 7.46. The first kappa shape index (κ1) is 22.6. The SMILES string of the molecule is COc1cccc(C(=O)N2CCN(CC(=O)N(C)Cc3ccc(OC)c(F)c3)CC2)c1. The molecular weight excluding hydrogens is 401 g/mol. The zero-order chi connectivity index (χ0) is 22.4. The van der Waals surface area contributed by atoms with E-state index in [0.29, 0.717) is 49.6 Å². The van der Waals surface area contributed by atoms with Gasteiger partial charge in [0.25, 0.3) is 5.91 Å². The number of carbonyl (C=O) groups is 2. The topological polar surface area (TPSA) is 62.3 Å². The van der Waals surface area contributed by atoms with E-state index in [1.165, 1.54) is 13.2 Å². The molecule has 0 aromatic heterocycles. The summed E-state index contributed by atoms with van der Waals surface area (Å²) in [4.78, 5) is 30.7. The predicted molar refractivity (Wildman–Crippen MR) is 115 cm³/mol. The minimum atomic E-state index is -0.447. The molecule has 1 fully saturated rings. The van der Waals surface area contributed by atoms with Crippen molar-refractivity contribution >= 4 is 11.8 Å². The number of benzene rings is 2. The summed E-state index contributed by atoms with van der Waals surface area (Å²) in [7, 11) is 4.69. The van der Waals surface area contributed by atoms with Gasteiger partial charge in [0.05, 0.1) is 20.8 Å². The highest BCUT2D eigenvalue weighted by atomic mass is 19.1. The van der Waals surface area contributed by atoms with Crippen LogP contribution < -0.4 is 9.47 Å². The van der Waals surface area contributed by atoms with Gasteiger partial charge in [-0.25, -0.2) is 4.39 Å². The molecule has 1 aliphatic rings. The molecule has 31 heavy (non-hydrogen) atoms. The van der Waals surface area contributed by atoms with Crippen LogP contribution >= 0.6 is 0 Å². The van der Waals surface area contributed by atoms with Crippen molar-refractivity contribution in [3.63, 3.8) is 0 Å². The summed E-state index contributed by atoms with van der Waals surface area (Å²) in [5.41, 5.74) is 1.29. The van der Waals surface area contributed by atoms with Crippen LogP contribution in [0.5, 0.6) is 11.5 Å². The Hall–Kier alpha value is -3.13. The number of carbonyl (C=O) groups excluding carboxylic acids is 2. The molecule has 166 valence electrons. The molecule has 0 bridgehead atoms.